The second kappa shape index (κ2) is 10.1. The van der Waals surface area contributed by atoms with Crippen LogP contribution >= 0.6 is 0 Å². The molecule has 0 bridgehead atoms. The number of aryl methyl sites for hydroxylation is 1. The fourth-order valence-corrected chi connectivity index (χ4v) is 3.58. The lowest BCUT2D eigenvalue weighted by Crippen LogP contribution is -2.42. The average molecular weight is 367 g/mol. The average Bonchev–Trinajstić information content (AvgIpc) is 2.95. The summed E-state index contributed by atoms with van der Waals surface area (Å²) in [5.41, 5.74) is 1.40. The molecule has 1 aliphatic heterocycles. The first-order chi connectivity index (χ1) is 13.2. The fourth-order valence-electron chi connectivity index (χ4n) is 3.58. The van der Waals surface area contributed by atoms with Crippen molar-refractivity contribution < 1.29 is 9.53 Å². The van der Waals surface area contributed by atoms with E-state index in [9.17, 15) is 4.79 Å². The molecular formula is C23H30N2O2. The van der Waals surface area contributed by atoms with Gasteiger partial charge >= 0.3 is 0 Å². The van der Waals surface area contributed by atoms with Crippen molar-refractivity contribution in [3.05, 3.63) is 66.2 Å². The summed E-state index contributed by atoms with van der Waals surface area (Å²) >= 11 is 0. The molecule has 1 unspecified atom stereocenters. The van der Waals surface area contributed by atoms with E-state index in [0.717, 1.165) is 57.7 Å². The van der Waals surface area contributed by atoms with Gasteiger partial charge in [0.1, 0.15) is 5.75 Å². The molecule has 3 rings (SSSR count). The van der Waals surface area contributed by atoms with Crippen LogP contribution in [0.1, 0.15) is 25.3 Å². The first-order valence-corrected chi connectivity index (χ1v) is 9.99. The van der Waals surface area contributed by atoms with Gasteiger partial charge in [0.05, 0.1) is 0 Å². The van der Waals surface area contributed by atoms with Crippen molar-refractivity contribution in [1.82, 2.24) is 9.80 Å². The van der Waals surface area contributed by atoms with Crippen LogP contribution in [-0.2, 0) is 11.2 Å². The largest absolute Gasteiger partial charge is 0.481 e. The lowest BCUT2D eigenvalue weighted by Gasteiger charge is -2.25. The molecule has 27 heavy (non-hydrogen) atoms. The van der Waals surface area contributed by atoms with Gasteiger partial charge in [0.15, 0.2) is 6.10 Å². The molecule has 1 saturated heterocycles. The van der Waals surface area contributed by atoms with Crippen molar-refractivity contribution in [2.75, 3.05) is 32.7 Å². The molecule has 2 aromatic carbocycles. The van der Waals surface area contributed by atoms with Gasteiger partial charge in [0, 0.05) is 19.6 Å². The molecule has 1 fully saturated rings. The molecule has 0 aliphatic carbocycles. The summed E-state index contributed by atoms with van der Waals surface area (Å²) in [7, 11) is 0. The standard InChI is InChI=1S/C23H30N2O2/c1-20(27-22-13-6-3-7-14-22)23(26)25-17-9-16-24(18-19-25)15-8-12-21-10-4-2-5-11-21/h2-7,10-11,13-14,20H,8-9,12,15-19H2,1H3. The summed E-state index contributed by atoms with van der Waals surface area (Å²) in [6.07, 6.45) is 2.85. The number of carbonyl (C=O) groups excluding carboxylic acids is 1. The van der Waals surface area contributed by atoms with Crippen LogP contribution < -0.4 is 4.74 Å². The minimum Gasteiger partial charge on any atom is -0.481 e. The van der Waals surface area contributed by atoms with E-state index in [1.165, 1.54) is 5.56 Å². The minimum atomic E-state index is -0.447. The Morgan fingerprint density at radius 2 is 1.67 bits per heavy atom. The predicted octanol–water partition coefficient (Wildman–Crippen LogP) is 3.62. The molecule has 4 heteroatoms. The van der Waals surface area contributed by atoms with Crippen LogP contribution in [0.2, 0.25) is 0 Å². The van der Waals surface area contributed by atoms with Crippen molar-refractivity contribution in [2.45, 2.75) is 32.3 Å². The lowest BCUT2D eigenvalue weighted by atomic mass is 10.1. The second-order valence-corrected chi connectivity index (χ2v) is 7.18. The summed E-state index contributed by atoms with van der Waals surface area (Å²) in [4.78, 5) is 17.2. The number of hydrogen-bond donors (Lipinski definition) is 0. The number of rotatable bonds is 7. The van der Waals surface area contributed by atoms with Crippen LogP contribution in [-0.4, -0.2) is 54.5 Å². The number of carbonyl (C=O) groups is 1. The Balaban J connectivity index is 1.42. The fraction of sp³-hybridized carbons (Fsp3) is 0.435. The zero-order valence-corrected chi connectivity index (χ0v) is 16.2. The van der Waals surface area contributed by atoms with Gasteiger partial charge in [-0.2, -0.15) is 0 Å². The molecule has 4 nitrogen and oxygen atoms in total. The van der Waals surface area contributed by atoms with E-state index >= 15 is 0 Å². The molecule has 0 radical (unpaired) electrons. The summed E-state index contributed by atoms with van der Waals surface area (Å²) in [5, 5.41) is 0. The maximum absolute atomic E-state index is 12.7. The van der Waals surface area contributed by atoms with Gasteiger partial charge < -0.3 is 14.5 Å². The number of para-hydroxylation sites is 1. The maximum Gasteiger partial charge on any atom is 0.263 e. The highest BCUT2D eigenvalue weighted by atomic mass is 16.5. The van der Waals surface area contributed by atoms with Crippen LogP contribution in [0.3, 0.4) is 0 Å². The van der Waals surface area contributed by atoms with Crippen molar-refractivity contribution in [1.29, 1.82) is 0 Å². The van der Waals surface area contributed by atoms with E-state index in [4.69, 9.17) is 4.74 Å². The normalized spacial score (nSPS) is 16.6. The number of nitrogens with zero attached hydrogens (tertiary/aromatic N) is 2. The van der Waals surface area contributed by atoms with Crippen molar-refractivity contribution in [2.24, 2.45) is 0 Å². The zero-order valence-electron chi connectivity index (χ0n) is 16.2. The maximum atomic E-state index is 12.7. The number of amides is 1. The Bertz CT molecular complexity index is 690. The van der Waals surface area contributed by atoms with Gasteiger partial charge in [0.25, 0.3) is 5.91 Å². The summed E-state index contributed by atoms with van der Waals surface area (Å²) in [5.74, 6) is 0.834. The molecule has 1 heterocycles. The molecule has 0 saturated carbocycles. The lowest BCUT2D eigenvalue weighted by molar-refractivity contribution is -0.137. The van der Waals surface area contributed by atoms with E-state index in [0.29, 0.717) is 0 Å². The van der Waals surface area contributed by atoms with Gasteiger partial charge in [-0.25, -0.2) is 0 Å². The zero-order chi connectivity index (χ0) is 18.9. The third kappa shape index (κ3) is 6.10. The quantitative estimate of drug-likeness (QED) is 0.750. The first kappa shape index (κ1) is 19.4. The smallest absolute Gasteiger partial charge is 0.263 e. The highest BCUT2D eigenvalue weighted by Crippen LogP contribution is 2.13. The van der Waals surface area contributed by atoms with E-state index in [2.05, 4.69) is 35.2 Å². The van der Waals surface area contributed by atoms with E-state index < -0.39 is 6.10 Å². The van der Waals surface area contributed by atoms with Crippen molar-refractivity contribution in [3.8, 4) is 5.75 Å². The minimum absolute atomic E-state index is 0.0880. The molecule has 0 N–H and O–H groups in total. The SMILES string of the molecule is CC(Oc1ccccc1)C(=O)N1CCCN(CCCc2ccccc2)CC1. The van der Waals surface area contributed by atoms with E-state index in [1.54, 1.807) is 0 Å². The molecule has 0 spiro atoms. The van der Waals surface area contributed by atoms with E-state index in [-0.39, 0.29) is 5.91 Å². The van der Waals surface area contributed by atoms with Gasteiger partial charge in [-0.3, -0.25) is 4.79 Å². The first-order valence-electron chi connectivity index (χ1n) is 9.99. The van der Waals surface area contributed by atoms with Gasteiger partial charge in [-0.05, 0) is 57.0 Å². The van der Waals surface area contributed by atoms with Crippen LogP contribution in [0.15, 0.2) is 60.7 Å². The highest BCUT2D eigenvalue weighted by Gasteiger charge is 2.24. The Kier molecular flexibility index (Phi) is 7.28. The molecule has 1 atom stereocenters. The van der Waals surface area contributed by atoms with Crippen LogP contribution in [0.5, 0.6) is 5.75 Å². The molecule has 2 aromatic rings. The molecule has 1 amide bonds. The monoisotopic (exact) mass is 366 g/mol. The number of benzene rings is 2. The van der Waals surface area contributed by atoms with Crippen molar-refractivity contribution in [3.63, 3.8) is 0 Å². The Morgan fingerprint density at radius 3 is 2.41 bits per heavy atom. The predicted molar refractivity (Wildman–Crippen MR) is 109 cm³/mol. The Morgan fingerprint density at radius 1 is 0.963 bits per heavy atom. The van der Waals surface area contributed by atoms with E-state index in [1.807, 2.05) is 42.2 Å². The molecule has 144 valence electrons. The molecular weight excluding hydrogens is 336 g/mol. The summed E-state index contributed by atoms with van der Waals surface area (Å²) in [6.45, 7) is 6.54. The molecule has 1 aliphatic rings. The Hall–Kier alpha value is -2.33. The van der Waals surface area contributed by atoms with Crippen LogP contribution in [0.4, 0.5) is 0 Å². The topological polar surface area (TPSA) is 32.8 Å². The summed E-state index contributed by atoms with van der Waals surface area (Å²) in [6, 6.07) is 20.2. The van der Waals surface area contributed by atoms with Crippen LogP contribution in [0, 0.1) is 0 Å². The summed E-state index contributed by atoms with van der Waals surface area (Å²) < 4.78 is 5.81. The third-order valence-electron chi connectivity index (χ3n) is 5.09. The van der Waals surface area contributed by atoms with Crippen molar-refractivity contribution >= 4 is 5.91 Å². The number of hydrogen-bond acceptors (Lipinski definition) is 3. The van der Waals surface area contributed by atoms with Gasteiger partial charge in [0.2, 0.25) is 0 Å². The number of ether oxygens (including phenoxy) is 1. The molecule has 0 aromatic heterocycles. The third-order valence-corrected chi connectivity index (χ3v) is 5.09. The highest BCUT2D eigenvalue weighted by molar-refractivity contribution is 5.81. The Labute approximate surface area is 162 Å². The van der Waals surface area contributed by atoms with Gasteiger partial charge in [-0.15, -0.1) is 0 Å². The second-order valence-electron chi connectivity index (χ2n) is 7.18. The van der Waals surface area contributed by atoms with Crippen LogP contribution in [0.25, 0.3) is 0 Å². The van der Waals surface area contributed by atoms with Gasteiger partial charge in [-0.1, -0.05) is 48.5 Å².